The standard InChI is InChI=1S/C13H18FN/c14-9-5-12-3-1-2-11(10-12)4-6-13(15)7-8-13/h1-3,10H,4-9,15H2. The van der Waals surface area contributed by atoms with Crippen LogP contribution >= 0.6 is 0 Å². The summed E-state index contributed by atoms with van der Waals surface area (Å²) in [6.45, 7) is -0.274. The summed E-state index contributed by atoms with van der Waals surface area (Å²) in [6, 6.07) is 8.20. The van der Waals surface area contributed by atoms with E-state index in [0.717, 1.165) is 31.2 Å². The van der Waals surface area contributed by atoms with E-state index in [9.17, 15) is 4.39 Å². The molecule has 0 aliphatic heterocycles. The molecule has 0 atom stereocenters. The van der Waals surface area contributed by atoms with E-state index in [0.29, 0.717) is 6.42 Å². The van der Waals surface area contributed by atoms with Gasteiger partial charge in [0.15, 0.2) is 0 Å². The van der Waals surface area contributed by atoms with Gasteiger partial charge in [0.1, 0.15) is 0 Å². The number of alkyl halides is 1. The molecule has 1 saturated carbocycles. The molecule has 0 heterocycles. The van der Waals surface area contributed by atoms with Crippen LogP contribution in [0.3, 0.4) is 0 Å². The maximum absolute atomic E-state index is 12.2. The van der Waals surface area contributed by atoms with Gasteiger partial charge in [-0.1, -0.05) is 24.3 Å². The number of hydrogen-bond acceptors (Lipinski definition) is 1. The molecule has 1 aromatic carbocycles. The van der Waals surface area contributed by atoms with Crippen LogP contribution < -0.4 is 5.73 Å². The van der Waals surface area contributed by atoms with Crippen molar-refractivity contribution in [2.75, 3.05) is 6.67 Å². The second-order valence-electron chi connectivity index (χ2n) is 4.62. The lowest BCUT2D eigenvalue weighted by atomic mass is 10.0. The molecule has 0 spiro atoms. The summed E-state index contributed by atoms with van der Waals surface area (Å²) in [5, 5.41) is 0. The zero-order chi connectivity index (χ0) is 10.7. The van der Waals surface area contributed by atoms with Gasteiger partial charge in [-0.25, -0.2) is 0 Å². The van der Waals surface area contributed by atoms with Crippen LogP contribution in [-0.2, 0) is 12.8 Å². The molecule has 0 aromatic heterocycles. The molecule has 82 valence electrons. The number of rotatable bonds is 5. The van der Waals surface area contributed by atoms with Gasteiger partial charge >= 0.3 is 0 Å². The number of aryl methyl sites for hydroxylation is 2. The highest BCUT2D eigenvalue weighted by molar-refractivity contribution is 5.24. The highest BCUT2D eigenvalue weighted by atomic mass is 19.1. The van der Waals surface area contributed by atoms with Crippen molar-refractivity contribution in [1.82, 2.24) is 0 Å². The third kappa shape index (κ3) is 3.03. The Morgan fingerprint density at radius 1 is 1.20 bits per heavy atom. The van der Waals surface area contributed by atoms with E-state index in [1.165, 1.54) is 5.56 Å². The summed E-state index contributed by atoms with van der Waals surface area (Å²) >= 11 is 0. The second-order valence-corrected chi connectivity index (χ2v) is 4.62. The maximum Gasteiger partial charge on any atom is 0.0934 e. The van der Waals surface area contributed by atoms with Crippen molar-refractivity contribution in [3.63, 3.8) is 0 Å². The highest BCUT2D eigenvalue weighted by Gasteiger charge is 2.37. The van der Waals surface area contributed by atoms with Crippen molar-refractivity contribution in [1.29, 1.82) is 0 Å². The van der Waals surface area contributed by atoms with Crippen LogP contribution in [-0.4, -0.2) is 12.2 Å². The predicted octanol–water partition coefficient (Wildman–Crippen LogP) is 2.62. The smallest absolute Gasteiger partial charge is 0.0934 e. The van der Waals surface area contributed by atoms with Crippen LogP contribution in [0.4, 0.5) is 4.39 Å². The minimum absolute atomic E-state index is 0.121. The molecular formula is C13H18FN. The molecule has 15 heavy (non-hydrogen) atoms. The Labute approximate surface area is 90.5 Å². The Morgan fingerprint density at radius 3 is 2.47 bits per heavy atom. The van der Waals surface area contributed by atoms with Crippen LogP contribution in [0, 0.1) is 0 Å². The molecular weight excluding hydrogens is 189 g/mol. The third-order valence-electron chi connectivity index (χ3n) is 3.18. The van der Waals surface area contributed by atoms with Gasteiger partial charge in [0.05, 0.1) is 6.67 Å². The lowest BCUT2D eigenvalue weighted by Gasteiger charge is -2.08. The summed E-state index contributed by atoms with van der Waals surface area (Å²) in [5.74, 6) is 0. The number of hydrogen-bond donors (Lipinski definition) is 1. The second kappa shape index (κ2) is 4.31. The van der Waals surface area contributed by atoms with Crippen LogP contribution in [0.1, 0.15) is 30.4 Å². The molecule has 0 amide bonds. The van der Waals surface area contributed by atoms with Crippen molar-refractivity contribution in [3.8, 4) is 0 Å². The topological polar surface area (TPSA) is 26.0 Å². The minimum Gasteiger partial charge on any atom is -0.325 e. The molecule has 0 saturated heterocycles. The van der Waals surface area contributed by atoms with Crippen LogP contribution in [0.5, 0.6) is 0 Å². The summed E-state index contributed by atoms with van der Waals surface area (Å²) in [4.78, 5) is 0. The molecule has 1 fully saturated rings. The Kier molecular flexibility index (Phi) is 3.06. The van der Waals surface area contributed by atoms with Gasteiger partial charge in [-0.2, -0.15) is 0 Å². The number of nitrogens with two attached hydrogens (primary N) is 1. The minimum atomic E-state index is -0.274. The van der Waals surface area contributed by atoms with Crippen molar-refractivity contribution in [3.05, 3.63) is 35.4 Å². The maximum atomic E-state index is 12.2. The number of benzene rings is 1. The summed E-state index contributed by atoms with van der Waals surface area (Å²) in [5.41, 5.74) is 8.54. The van der Waals surface area contributed by atoms with Crippen LogP contribution in [0.15, 0.2) is 24.3 Å². The number of halogens is 1. The summed E-state index contributed by atoms with van der Waals surface area (Å²) in [7, 11) is 0. The average Bonchev–Trinajstić information content (AvgIpc) is 2.96. The van der Waals surface area contributed by atoms with Crippen molar-refractivity contribution >= 4 is 0 Å². The molecule has 1 aliphatic rings. The first-order valence-electron chi connectivity index (χ1n) is 5.65. The molecule has 1 aromatic rings. The van der Waals surface area contributed by atoms with Gasteiger partial charge in [0.25, 0.3) is 0 Å². The first kappa shape index (κ1) is 10.6. The van der Waals surface area contributed by atoms with E-state index in [-0.39, 0.29) is 12.2 Å². The van der Waals surface area contributed by atoms with E-state index in [4.69, 9.17) is 5.73 Å². The van der Waals surface area contributed by atoms with Gasteiger partial charge < -0.3 is 5.73 Å². The van der Waals surface area contributed by atoms with Gasteiger partial charge in [0, 0.05) is 12.0 Å². The van der Waals surface area contributed by atoms with Gasteiger partial charge in [0.2, 0.25) is 0 Å². The third-order valence-corrected chi connectivity index (χ3v) is 3.18. The molecule has 0 radical (unpaired) electrons. The van der Waals surface area contributed by atoms with E-state index in [1.54, 1.807) is 0 Å². The first-order valence-corrected chi connectivity index (χ1v) is 5.65. The molecule has 0 unspecified atom stereocenters. The van der Waals surface area contributed by atoms with E-state index >= 15 is 0 Å². The Bertz CT molecular complexity index is 331. The Balaban J connectivity index is 1.92. The lowest BCUT2D eigenvalue weighted by molar-refractivity contribution is 0.495. The lowest BCUT2D eigenvalue weighted by Crippen LogP contribution is -2.22. The normalized spacial score (nSPS) is 17.7. The largest absolute Gasteiger partial charge is 0.325 e. The zero-order valence-corrected chi connectivity index (χ0v) is 9.01. The van der Waals surface area contributed by atoms with Crippen LogP contribution in [0.25, 0.3) is 0 Å². The van der Waals surface area contributed by atoms with E-state index < -0.39 is 0 Å². The van der Waals surface area contributed by atoms with E-state index in [2.05, 4.69) is 12.1 Å². The fourth-order valence-electron chi connectivity index (χ4n) is 1.85. The summed E-state index contributed by atoms with van der Waals surface area (Å²) < 4.78 is 12.2. The molecule has 0 bridgehead atoms. The monoisotopic (exact) mass is 207 g/mol. The summed E-state index contributed by atoms with van der Waals surface area (Å²) in [6.07, 6.45) is 4.94. The fourth-order valence-corrected chi connectivity index (χ4v) is 1.85. The van der Waals surface area contributed by atoms with Crippen molar-refractivity contribution < 1.29 is 4.39 Å². The fraction of sp³-hybridized carbons (Fsp3) is 0.538. The quantitative estimate of drug-likeness (QED) is 0.789. The average molecular weight is 207 g/mol. The highest BCUT2D eigenvalue weighted by Crippen LogP contribution is 2.36. The van der Waals surface area contributed by atoms with Gasteiger partial charge in [-0.05, 0) is 36.8 Å². The predicted molar refractivity (Wildman–Crippen MR) is 60.6 cm³/mol. The van der Waals surface area contributed by atoms with Crippen molar-refractivity contribution in [2.45, 2.75) is 37.6 Å². The molecule has 2 N–H and O–H groups in total. The molecule has 2 heteroatoms. The molecule has 1 nitrogen and oxygen atoms in total. The molecule has 2 rings (SSSR count). The van der Waals surface area contributed by atoms with Crippen molar-refractivity contribution in [2.24, 2.45) is 5.73 Å². The van der Waals surface area contributed by atoms with Gasteiger partial charge in [-0.3, -0.25) is 4.39 Å². The SMILES string of the molecule is NC1(CCc2cccc(CCF)c2)CC1. The van der Waals surface area contributed by atoms with E-state index in [1.807, 2.05) is 12.1 Å². The zero-order valence-electron chi connectivity index (χ0n) is 9.01. The van der Waals surface area contributed by atoms with Gasteiger partial charge in [-0.15, -0.1) is 0 Å². The first-order chi connectivity index (χ1) is 7.22. The van der Waals surface area contributed by atoms with Crippen LogP contribution in [0.2, 0.25) is 0 Å². The molecule has 1 aliphatic carbocycles. The Hall–Kier alpha value is -0.890. The Morgan fingerprint density at radius 2 is 1.87 bits per heavy atom.